The summed E-state index contributed by atoms with van der Waals surface area (Å²) in [6.07, 6.45) is 5.17. The maximum atomic E-state index is 12.3. The van der Waals surface area contributed by atoms with Gasteiger partial charge in [0, 0.05) is 31.7 Å². The summed E-state index contributed by atoms with van der Waals surface area (Å²) in [5, 5.41) is 0. The fraction of sp³-hybridized carbons (Fsp3) is 0.933. The standard InChI is InChI=1S/C15H28N2O2.ClH/c1-11(2)6-8-19-14-5-7-17(10-14)15(18)12-3-4-13(16)9-12;/h11-14H,3-10,16H2,1-2H3;1H. The van der Waals surface area contributed by atoms with Crippen molar-refractivity contribution in [1.82, 2.24) is 4.90 Å². The van der Waals surface area contributed by atoms with Crippen LogP contribution in [0.2, 0.25) is 0 Å². The fourth-order valence-corrected chi connectivity index (χ4v) is 3.03. The molecule has 5 heteroatoms. The molecule has 2 N–H and O–H groups in total. The number of likely N-dealkylation sites (tertiary alicyclic amines) is 1. The van der Waals surface area contributed by atoms with Crippen LogP contribution in [0.1, 0.15) is 46.0 Å². The molecule has 20 heavy (non-hydrogen) atoms. The zero-order valence-electron chi connectivity index (χ0n) is 12.7. The zero-order valence-corrected chi connectivity index (χ0v) is 13.5. The Balaban J connectivity index is 0.00000200. The maximum Gasteiger partial charge on any atom is 0.225 e. The van der Waals surface area contributed by atoms with Crippen molar-refractivity contribution >= 4 is 18.3 Å². The summed E-state index contributed by atoms with van der Waals surface area (Å²) in [4.78, 5) is 14.3. The van der Waals surface area contributed by atoms with Gasteiger partial charge in [-0.2, -0.15) is 0 Å². The zero-order chi connectivity index (χ0) is 13.8. The summed E-state index contributed by atoms with van der Waals surface area (Å²) >= 11 is 0. The first-order chi connectivity index (χ1) is 9.06. The van der Waals surface area contributed by atoms with E-state index in [1.54, 1.807) is 0 Å². The van der Waals surface area contributed by atoms with E-state index in [0.717, 1.165) is 51.8 Å². The van der Waals surface area contributed by atoms with Crippen molar-refractivity contribution in [3.8, 4) is 0 Å². The number of nitrogens with zero attached hydrogens (tertiary/aromatic N) is 1. The molecule has 1 saturated carbocycles. The lowest BCUT2D eigenvalue weighted by molar-refractivity contribution is -0.134. The van der Waals surface area contributed by atoms with Gasteiger partial charge in [-0.15, -0.1) is 12.4 Å². The molecule has 0 aromatic heterocycles. The molecule has 0 aromatic rings. The second kappa shape index (κ2) is 8.20. The van der Waals surface area contributed by atoms with Crippen LogP contribution in [0.4, 0.5) is 0 Å². The van der Waals surface area contributed by atoms with Crippen LogP contribution in [0.5, 0.6) is 0 Å². The normalized spacial score (nSPS) is 29.8. The lowest BCUT2D eigenvalue weighted by atomic mass is 10.1. The molecule has 118 valence electrons. The SMILES string of the molecule is CC(C)CCOC1CCN(C(=O)C2CCC(N)C2)C1.Cl. The molecular weight excluding hydrogens is 276 g/mol. The second-order valence-corrected chi connectivity index (χ2v) is 6.52. The van der Waals surface area contributed by atoms with E-state index in [2.05, 4.69) is 13.8 Å². The maximum absolute atomic E-state index is 12.3. The number of rotatable bonds is 5. The van der Waals surface area contributed by atoms with E-state index in [9.17, 15) is 4.79 Å². The molecule has 1 aliphatic carbocycles. The Morgan fingerprint density at radius 3 is 2.70 bits per heavy atom. The minimum atomic E-state index is 0. The Bertz CT molecular complexity index is 312. The van der Waals surface area contributed by atoms with Gasteiger partial charge in [-0.25, -0.2) is 0 Å². The monoisotopic (exact) mass is 304 g/mol. The third kappa shape index (κ3) is 4.90. The Morgan fingerprint density at radius 2 is 2.10 bits per heavy atom. The van der Waals surface area contributed by atoms with Gasteiger partial charge in [-0.1, -0.05) is 13.8 Å². The largest absolute Gasteiger partial charge is 0.376 e. The van der Waals surface area contributed by atoms with Gasteiger partial charge in [0.1, 0.15) is 0 Å². The minimum Gasteiger partial charge on any atom is -0.376 e. The lowest BCUT2D eigenvalue weighted by Gasteiger charge is -2.20. The van der Waals surface area contributed by atoms with E-state index >= 15 is 0 Å². The van der Waals surface area contributed by atoms with Crippen LogP contribution in [0.25, 0.3) is 0 Å². The summed E-state index contributed by atoms with van der Waals surface area (Å²) in [6.45, 7) is 6.87. The van der Waals surface area contributed by atoms with Gasteiger partial charge in [0.05, 0.1) is 6.10 Å². The second-order valence-electron chi connectivity index (χ2n) is 6.52. The quantitative estimate of drug-likeness (QED) is 0.847. The average molecular weight is 305 g/mol. The van der Waals surface area contributed by atoms with Crippen LogP contribution < -0.4 is 5.73 Å². The molecule has 2 fully saturated rings. The fourth-order valence-electron chi connectivity index (χ4n) is 3.03. The summed E-state index contributed by atoms with van der Waals surface area (Å²) in [5.74, 6) is 1.16. The van der Waals surface area contributed by atoms with Gasteiger partial charge in [0.25, 0.3) is 0 Å². The first kappa shape index (κ1) is 17.7. The summed E-state index contributed by atoms with van der Waals surface area (Å²) in [5.41, 5.74) is 5.89. The van der Waals surface area contributed by atoms with Crippen LogP contribution in [-0.2, 0) is 9.53 Å². The van der Waals surface area contributed by atoms with Crippen LogP contribution in [0, 0.1) is 11.8 Å². The first-order valence-electron chi connectivity index (χ1n) is 7.72. The molecule has 1 aliphatic heterocycles. The van der Waals surface area contributed by atoms with Gasteiger partial charge in [-0.3, -0.25) is 4.79 Å². The van der Waals surface area contributed by atoms with Gasteiger partial charge in [0.15, 0.2) is 0 Å². The molecule has 1 heterocycles. The van der Waals surface area contributed by atoms with Gasteiger partial charge in [0.2, 0.25) is 5.91 Å². The van der Waals surface area contributed by atoms with Crippen molar-refractivity contribution < 1.29 is 9.53 Å². The third-order valence-electron chi connectivity index (χ3n) is 4.33. The van der Waals surface area contributed by atoms with Gasteiger partial charge >= 0.3 is 0 Å². The molecule has 0 radical (unpaired) electrons. The van der Waals surface area contributed by atoms with Gasteiger partial charge < -0.3 is 15.4 Å². The molecule has 1 saturated heterocycles. The highest BCUT2D eigenvalue weighted by atomic mass is 35.5. The molecule has 0 bridgehead atoms. The van der Waals surface area contributed by atoms with E-state index in [-0.39, 0.29) is 30.5 Å². The van der Waals surface area contributed by atoms with Crippen LogP contribution in [0.3, 0.4) is 0 Å². The lowest BCUT2D eigenvalue weighted by Crippen LogP contribution is -2.35. The first-order valence-corrected chi connectivity index (χ1v) is 7.72. The topological polar surface area (TPSA) is 55.6 Å². The number of nitrogens with two attached hydrogens (primary N) is 1. The Morgan fingerprint density at radius 1 is 1.35 bits per heavy atom. The van der Waals surface area contributed by atoms with Crippen LogP contribution >= 0.6 is 12.4 Å². The van der Waals surface area contributed by atoms with Gasteiger partial charge in [-0.05, 0) is 38.0 Å². The highest BCUT2D eigenvalue weighted by molar-refractivity contribution is 5.85. The number of hydrogen-bond acceptors (Lipinski definition) is 3. The molecule has 3 unspecified atom stereocenters. The number of ether oxygens (including phenoxy) is 1. The van der Waals surface area contributed by atoms with Crippen LogP contribution in [0.15, 0.2) is 0 Å². The van der Waals surface area contributed by atoms with E-state index < -0.39 is 0 Å². The van der Waals surface area contributed by atoms with Crippen molar-refractivity contribution in [3.63, 3.8) is 0 Å². The molecule has 0 aromatic carbocycles. The number of carbonyl (C=O) groups is 1. The van der Waals surface area contributed by atoms with Crippen molar-refractivity contribution in [1.29, 1.82) is 0 Å². The van der Waals surface area contributed by atoms with E-state index in [1.807, 2.05) is 4.90 Å². The Kier molecular flexibility index (Phi) is 7.27. The molecule has 3 atom stereocenters. The number of halogens is 1. The van der Waals surface area contributed by atoms with Crippen molar-refractivity contribution in [2.24, 2.45) is 17.6 Å². The van der Waals surface area contributed by atoms with E-state index in [4.69, 9.17) is 10.5 Å². The Hall–Kier alpha value is -0.320. The highest BCUT2D eigenvalue weighted by Crippen LogP contribution is 2.27. The molecule has 0 spiro atoms. The van der Waals surface area contributed by atoms with Crippen molar-refractivity contribution in [3.05, 3.63) is 0 Å². The number of hydrogen-bond donors (Lipinski definition) is 1. The predicted molar refractivity (Wildman–Crippen MR) is 83.0 cm³/mol. The minimum absolute atomic E-state index is 0. The summed E-state index contributed by atoms with van der Waals surface area (Å²) < 4.78 is 5.86. The third-order valence-corrected chi connectivity index (χ3v) is 4.33. The average Bonchev–Trinajstić information content (AvgIpc) is 2.97. The summed E-state index contributed by atoms with van der Waals surface area (Å²) in [7, 11) is 0. The number of amides is 1. The van der Waals surface area contributed by atoms with Crippen LogP contribution in [-0.4, -0.2) is 42.6 Å². The van der Waals surface area contributed by atoms with E-state index in [1.165, 1.54) is 0 Å². The predicted octanol–water partition coefficient (Wildman–Crippen LogP) is 2.20. The van der Waals surface area contributed by atoms with Crippen molar-refractivity contribution in [2.75, 3.05) is 19.7 Å². The van der Waals surface area contributed by atoms with Crippen molar-refractivity contribution in [2.45, 2.75) is 58.1 Å². The number of carbonyl (C=O) groups excluding carboxylic acids is 1. The molecule has 4 nitrogen and oxygen atoms in total. The molecule has 1 amide bonds. The smallest absolute Gasteiger partial charge is 0.225 e. The molecule has 2 rings (SSSR count). The Labute approximate surface area is 128 Å². The van der Waals surface area contributed by atoms with E-state index in [0.29, 0.717) is 11.8 Å². The summed E-state index contributed by atoms with van der Waals surface area (Å²) in [6, 6.07) is 0.231. The highest BCUT2D eigenvalue weighted by Gasteiger charge is 2.34. The molecule has 2 aliphatic rings. The molecular formula is C15H29ClN2O2.